The van der Waals surface area contributed by atoms with Crippen molar-refractivity contribution in [3.8, 4) is 0 Å². The van der Waals surface area contributed by atoms with Crippen LogP contribution >= 0.6 is 46.4 Å². The smallest absolute Gasteiger partial charge is 0.391 e. The molecule has 0 saturated carbocycles. The fourth-order valence-electron chi connectivity index (χ4n) is 3.09. The van der Waals surface area contributed by atoms with Crippen LogP contribution in [0.25, 0.3) is 0 Å². The SMILES string of the molecule is CC/C(=N\OC/C=C/Cl)c1cc(Cl)ccc1NS(=O)(=O)C(F)(F)F.CC/C(=N\OC/C=C\Cl)c1cc(Cl)ccc1NS(=O)(=O)C(F)(F)F. The molecule has 268 valence electrons. The molecule has 0 unspecified atom stereocenters. The number of hydrogen-bond donors (Lipinski definition) is 2. The largest absolute Gasteiger partial charge is 0.516 e. The molecule has 10 nitrogen and oxygen atoms in total. The van der Waals surface area contributed by atoms with Crippen LogP contribution in [0.15, 0.2) is 69.9 Å². The Labute approximate surface area is 292 Å². The molecule has 2 N–H and O–H groups in total. The van der Waals surface area contributed by atoms with E-state index in [2.05, 4.69) is 10.3 Å². The lowest BCUT2D eigenvalue weighted by Crippen LogP contribution is -2.30. The molecule has 0 amide bonds. The fraction of sp³-hybridized carbons (Fsp3) is 0.308. The van der Waals surface area contributed by atoms with Crippen LogP contribution in [0.3, 0.4) is 0 Å². The second-order valence-electron chi connectivity index (χ2n) is 8.58. The third-order valence-corrected chi connectivity index (χ3v) is 8.24. The number of sulfonamides is 2. The van der Waals surface area contributed by atoms with E-state index in [1.54, 1.807) is 13.8 Å². The molecule has 0 aromatic heterocycles. The van der Waals surface area contributed by atoms with Gasteiger partial charge in [0.2, 0.25) is 0 Å². The Morgan fingerprint density at radius 1 is 0.708 bits per heavy atom. The van der Waals surface area contributed by atoms with Crippen molar-refractivity contribution < 1.29 is 52.9 Å². The molecule has 0 aliphatic heterocycles. The molecule has 48 heavy (non-hydrogen) atoms. The molecule has 0 saturated heterocycles. The molecule has 0 atom stereocenters. The highest BCUT2D eigenvalue weighted by atomic mass is 35.5. The summed E-state index contributed by atoms with van der Waals surface area (Å²) < 4.78 is 123. The van der Waals surface area contributed by atoms with E-state index in [0.29, 0.717) is 0 Å². The number of nitrogens with one attached hydrogen (secondary N) is 2. The number of anilines is 2. The Morgan fingerprint density at radius 2 is 1.04 bits per heavy atom. The normalized spacial score (nSPS) is 13.3. The molecule has 2 rings (SSSR count). The summed E-state index contributed by atoms with van der Waals surface area (Å²) in [6.07, 6.45) is 3.41. The molecular weight excluding hydrogens is 784 g/mol. The van der Waals surface area contributed by atoms with Crippen LogP contribution in [0, 0.1) is 0 Å². The standard InChI is InChI=1S/2C13H13Cl2F3N2O3S/c2*1-2-11(19-23-7-3-6-14)10-8-9(15)4-5-12(10)20-24(21,22)13(16,17)18/h2*3-6,8,20H,2,7H2,1H3/b6-3+,19-11+;6-3-,19-11+. The summed E-state index contributed by atoms with van der Waals surface area (Å²) in [6.45, 7) is 3.42. The van der Waals surface area contributed by atoms with Gasteiger partial charge >= 0.3 is 31.1 Å². The quantitative estimate of drug-likeness (QED) is 0.0847. The first-order valence-corrected chi connectivity index (χ1v) is 17.5. The predicted molar refractivity (Wildman–Crippen MR) is 176 cm³/mol. The molecule has 0 heterocycles. The molecule has 2 aromatic rings. The zero-order chi connectivity index (χ0) is 36.8. The van der Waals surface area contributed by atoms with Crippen LogP contribution in [0.4, 0.5) is 37.7 Å². The van der Waals surface area contributed by atoms with Crippen LogP contribution < -0.4 is 9.44 Å². The van der Waals surface area contributed by atoms with E-state index in [0.717, 1.165) is 12.1 Å². The molecule has 0 fully saturated rings. The van der Waals surface area contributed by atoms with Crippen molar-refractivity contribution in [1.82, 2.24) is 0 Å². The number of nitrogens with zero attached hydrogens (tertiary/aromatic N) is 2. The van der Waals surface area contributed by atoms with Crippen molar-refractivity contribution in [2.24, 2.45) is 10.3 Å². The summed E-state index contributed by atoms with van der Waals surface area (Å²) in [4.78, 5) is 9.90. The number of oxime groups is 2. The van der Waals surface area contributed by atoms with Gasteiger partial charge in [0.25, 0.3) is 0 Å². The summed E-state index contributed by atoms with van der Waals surface area (Å²) in [5, 5.41) is 7.94. The first-order chi connectivity index (χ1) is 22.2. The zero-order valence-electron chi connectivity index (χ0n) is 24.5. The topological polar surface area (TPSA) is 136 Å². The van der Waals surface area contributed by atoms with Gasteiger partial charge in [-0.2, -0.15) is 43.2 Å². The summed E-state index contributed by atoms with van der Waals surface area (Å²) in [5.41, 5.74) is -8.53. The second-order valence-corrected chi connectivity index (χ2v) is 13.3. The van der Waals surface area contributed by atoms with E-state index in [-0.39, 0.29) is 70.0 Å². The maximum absolute atomic E-state index is 12.5. The minimum absolute atomic E-state index is 0.0389. The van der Waals surface area contributed by atoms with Gasteiger partial charge < -0.3 is 9.68 Å². The number of rotatable bonds is 14. The van der Waals surface area contributed by atoms with E-state index >= 15 is 0 Å². The second kappa shape index (κ2) is 19.3. The Balaban J connectivity index is 0.000000480. The van der Waals surface area contributed by atoms with E-state index in [9.17, 15) is 43.2 Å². The summed E-state index contributed by atoms with van der Waals surface area (Å²) in [7, 11) is -11.1. The molecule has 22 heteroatoms. The third-order valence-electron chi connectivity index (χ3n) is 5.22. The number of hydrogen-bond acceptors (Lipinski definition) is 8. The minimum atomic E-state index is -5.57. The van der Waals surface area contributed by atoms with Gasteiger partial charge in [-0.3, -0.25) is 9.44 Å². The minimum Gasteiger partial charge on any atom is -0.391 e. The molecule has 0 radical (unpaired) electrons. The van der Waals surface area contributed by atoms with Crippen molar-refractivity contribution >= 4 is 89.2 Å². The van der Waals surface area contributed by atoms with Gasteiger partial charge in [0.05, 0.1) is 22.8 Å². The van der Waals surface area contributed by atoms with Crippen molar-refractivity contribution in [3.63, 3.8) is 0 Å². The highest BCUT2D eigenvalue weighted by Gasteiger charge is 2.47. The van der Waals surface area contributed by atoms with Crippen molar-refractivity contribution in [1.29, 1.82) is 0 Å². The van der Waals surface area contributed by atoms with Crippen LogP contribution in [0.5, 0.6) is 0 Å². The molecule has 2 aromatic carbocycles. The van der Waals surface area contributed by atoms with Crippen LogP contribution in [-0.4, -0.2) is 52.5 Å². The Morgan fingerprint density at radius 3 is 1.31 bits per heavy atom. The molecular formula is C26H26Cl4F6N4O6S2. The Kier molecular flexibility index (Phi) is 17.4. The first kappa shape index (κ1) is 43.1. The summed E-state index contributed by atoms with van der Waals surface area (Å²) >= 11 is 22.3. The maximum atomic E-state index is 12.5. The number of benzene rings is 2. The zero-order valence-corrected chi connectivity index (χ0v) is 29.2. The van der Waals surface area contributed by atoms with E-state index in [1.165, 1.54) is 56.9 Å². The third kappa shape index (κ3) is 13.5. The number of alkyl halides is 6. The molecule has 0 spiro atoms. The van der Waals surface area contributed by atoms with Crippen molar-refractivity contribution in [2.75, 3.05) is 22.7 Å². The average molecular weight is 810 g/mol. The van der Waals surface area contributed by atoms with E-state index in [4.69, 9.17) is 56.1 Å². The number of halogens is 10. The van der Waals surface area contributed by atoms with Gasteiger partial charge in [0, 0.05) is 32.2 Å². The molecule has 0 bridgehead atoms. The fourth-order valence-corrected chi connectivity index (χ4v) is 4.75. The van der Waals surface area contributed by atoms with Gasteiger partial charge in [-0.25, -0.2) is 0 Å². The lowest BCUT2D eigenvalue weighted by Gasteiger charge is -2.15. The Bertz CT molecular complexity index is 1590. The van der Waals surface area contributed by atoms with E-state index < -0.39 is 31.1 Å². The van der Waals surface area contributed by atoms with Gasteiger partial charge in [0.15, 0.2) is 0 Å². The van der Waals surface area contributed by atoms with Crippen LogP contribution in [0.2, 0.25) is 10.0 Å². The van der Waals surface area contributed by atoms with Crippen LogP contribution in [0.1, 0.15) is 37.8 Å². The van der Waals surface area contributed by atoms with Crippen LogP contribution in [-0.2, 0) is 29.7 Å². The lowest BCUT2D eigenvalue weighted by molar-refractivity contribution is -0.0435. The van der Waals surface area contributed by atoms with Gasteiger partial charge in [-0.05, 0) is 61.4 Å². The Hall–Kier alpha value is -2.90. The summed E-state index contributed by atoms with van der Waals surface area (Å²) in [6, 6.07) is 7.32. The van der Waals surface area contributed by atoms with Crippen molar-refractivity contribution in [3.05, 3.63) is 80.8 Å². The highest BCUT2D eigenvalue weighted by Crippen LogP contribution is 2.31. The maximum Gasteiger partial charge on any atom is 0.516 e. The van der Waals surface area contributed by atoms with Gasteiger partial charge in [-0.15, -0.1) is 0 Å². The van der Waals surface area contributed by atoms with Crippen molar-refractivity contribution in [2.45, 2.75) is 37.7 Å². The molecule has 0 aliphatic carbocycles. The molecule has 0 aliphatic rings. The first-order valence-electron chi connectivity index (χ1n) is 12.9. The monoisotopic (exact) mass is 808 g/mol. The van der Waals surface area contributed by atoms with Gasteiger partial charge in [0.1, 0.15) is 13.2 Å². The predicted octanol–water partition coefficient (Wildman–Crippen LogP) is 8.97. The average Bonchev–Trinajstić information content (AvgIpc) is 2.98. The van der Waals surface area contributed by atoms with Gasteiger partial charge in [-0.1, -0.05) is 70.6 Å². The highest BCUT2D eigenvalue weighted by molar-refractivity contribution is 7.93. The van der Waals surface area contributed by atoms with E-state index in [1.807, 2.05) is 0 Å². The lowest BCUT2D eigenvalue weighted by atomic mass is 10.1. The summed E-state index contributed by atoms with van der Waals surface area (Å²) in [5.74, 6) is 0.